The molecule has 0 bridgehead atoms. The number of nitriles is 1. The summed E-state index contributed by atoms with van der Waals surface area (Å²) in [5, 5.41) is 21.3. The predicted molar refractivity (Wildman–Crippen MR) is 83.9 cm³/mol. The zero-order valence-electron chi connectivity index (χ0n) is 11.4. The van der Waals surface area contributed by atoms with Gasteiger partial charge in [0.2, 0.25) is 0 Å². The highest BCUT2D eigenvalue weighted by Gasteiger charge is 2.13. The molecule has 1 aromatic heterocycles. The van der Waals surface area contributed by atoms with E-state index in [0.717, 1.165) is 11.1 Å². The highest BCUT2D eigenvalue weighted by Crippen LogP contribution is 2.26. The maximum atomic E-state index is 10.9. The van der Waals surface area contributed by atoms with Crippen LogP contribution in [0.25, 0.3) is 10.9 Å². The Bertz CT molecular complexity index is 925. The van der Waals surface area contributed by atoms with Gasteiger partial charge in [-0.05, 0) is 23.8 Å². The van der Waals surface area contributed by atoms with E-state index < -0.39 is 4.92 Å². The number of nitrogens with zero attached hydrogens (tertiary/aromatic N) is 3. The van der Waals surface area contributed by atoms with Crippen LogP contribution in [-0.2, 0) is 6.54 Å². The quantitative estimate of drug-likeness (QED) is 0.539. The van der Waals surface area contributed by atoms with Gasteiger partial charge in [0.05, 0.1) is 16.0 Å². The number of fused-ring (bicyclic) bond motifs is 1. The number of non-ortho nitro benzene ring substituents is 1. The molecule has 2 aromatic carbocycles. The number of rotatable bonds is 3. The summed E-state index contributed by atoms with van der Waals surface area (Å²) in [6.07, 6.45) is 1.70. The molecular formula is C16H10ClN3O2. The number of nitro groups is 1. The number of hydrogen-bond acceptors (Lipinski definition) is 3. The molecule has 6 heteroatoms. The molecule has 0 aliphatic rings. The van der Waals surface area contributed by atoms with E-state index in [1.807, 2.05) is 22.8 Å². The van der Waals surface area contributed by atoms with Crippen LogP contribution in [0.15, 0.2) is 48.7 Å². The van der Waals surface area contributed by atoms with Crippen molar-refractivity contribution in [2.24, 2.45) is 0 Å². The van der Waals surface area contributed by atoms with Crippen molar-refractivity contribution in [2.75, 3.05) is 0 Å². The summed E-state index contributed by atoms with van der Waals surface area (Å²) in [6, 6.07) is 14.1. The molecule has 5 nitrogen and oxygen atoms in total. The Balaban J connectivity index is 2.11. The van der Waals surface area contributed by atoms with E-state index >= 15 is 0 Å². The largest absolute Gasteiger partial charge is 0.342 e. The fourth-order valence-corrected chi connectivity index (χ4v) is 2.66. The van der Waals surface area contributed by atoms with Crippen molar-refractivity contribution in [1.82, 2.24) is 4.57 Å². The second-order valence-corrected chi connectivity index (χ2v) is 5.31. The first-order chi connectivity index (χ1) is 10.6. The molecule has 0 spiro atoms. The van der Waals surface area contributed by atoms with Crippen LogP contribution in [-0.4, -0.2) is 9.49 Å². The third kappa shape index (κ3) is 2.52. The average molecular weight is 312 g/mol. The van der Waals surface area contributed by atoms with E-state index in [9.17, 15) is 15.4 Å². The molecule has 0 aliphatic carbocycles. The second-order valence-electron chi connectivity index (χ2n) is 4.87. The van der Waals surface area contributed by atoms with Crippen molar-refractivity contribution in [3.8, 4) is 6.07 Å². The van der Waals surface area contributed by atoms with Crippen LogP contribution in [0.5, 0.6) is 0 Å². The molecule has 0 N–H and O–H groups in total. The van der Waals surface area contributed by atoms with E-state index in [-0.39, 0.29) is 5.69 Å². The zero-order valence-corrected chi connectivity index (χ0v) is 12.1. The summed E-state index contributed by atoms with van der Waals surface area (Å²) in [5.74, 6) is 0. The minimum atomic E-state index is -0.463. The summed E-state index contributed by atoms with van der Waals surface area (Å²) in [5.41, 5.74) is 2.17. The first kappa shape index (κ1) is 14.1. The van der Waals surface area contributed by atoms with Gasteiger partial charge in [0.15, 0.2) is 0 Å². The summed E-state index contributed by atoms with van der Waals surface area (Å²) in [7, 11) is 0. The van der Waals surface area contributed by atoms with Gasteiger partial charge in [-0.1, -0.05) is 23.7 Å². The Hall–Kier alpha value is -2.84. The molecule has 0 saturated heterocycles. The van der Waals surface area contributed by atoms with E-state index in [1.165, 1.54) is 12.1 Å². The third-order valence-electron chi connectivity index (χ3n) is 3.44. The van der Waals surface area contributed by atoms with Crippen molar-refractivity contribution >= 4 is 28.2 Å². The summed E-state index contributed by atoms with van der Waals surface area (Å²) in [4.78, 5) is 10.4. The van der Waals surface area contributed by atoms with Crippen LogP contribution in [0.1, 0.15) is 11.1 Å². The van der Waals surface area contributed by atoms with Gasteiger partial charge in [0.1, 0.15) is 6.07 Å². The lowest BCUT2D eigenvalue weighted by Gasteiger charge is -2.06. The first-order valence-electron chi connectivity index (χ1n) is 6.50. The van der Waals surface area contributed by atoms with Crippen molar-refractivity contribution in [2.45, 2.75) is 6.54 Å². The lowest BCUT2D eigenvalue weighted by molar-refractivity contribution is -0.384. The van der Waals surface area contributed by atoms with Crippen LogP contribution in [0.3, 0.4) is 0 Å². The molecule has 22 heavy (non-hydrogen) atoms. The van der Waals surface area contributed by atoms with E-state index in [1.54, 1.807) is 18.3 Å². The monoisotopic (exact) mass is 311 g/mol. The molecule has 3 rings (SSSR count). The SMILES string of the molecule is N#Cc1cn(Cc2cccc(Cl)c2)c2ccc([N+](=O)[O-])cc12. The molecule has 0 radical (unpaired) electrons. The van der Waals surface area contributed by atoms with Crippen LogP contribution in [0.4, 0.5) is 5.69 Å². The van der Waals surface area contributed by atoms with Gasteiger partial charge in [-0.3, -0.25) is 10.1 Å². The van der Waals surface area contributed by atoms with Gasteiger partial charge in [0, 0.05) is 35.3 Å². The highest BCUT2D eigenvalue weighted by molar-refractivity contribution is 6.30. The molecule has 1 heterocycles. The molecule has 3 aromatic rings. The molecule has 0 saturated carbocycles. The fourth-order valence-electron chi connectivity index (χ4n) is 2.45. The summed E-state index contributed by atoms with van der Waals surface area (Å²) < 4.78 is 1.89. The van der Waals surface area contributed by atoms with Crippen LogP contribution >= 0.6 is 11.6 Å². The number of benzene rings is 2. The Kier molecular flexibility index (Phi) is 3.53. The smallest absolute Gasteiger partial charge is 0.270 e. The van der Waals surface area contributed by atoms with Crippen molar-refractivity contribution in [1.29, 1.82) is 5.26 Å². The zero-order chi connectivity index (χ0) is 15.7. The normalized spacial score (nSPS) is 10.5. The average Bonchev–Trinajstić information content (AvgIpc) is 2.84. The third-order valence-corrected chi connectivity index (χ3v) is 3.67. The van der Waals surface area contributed by atoms with E-state index in [0.29, 0.717) is 22.5 Å². The molecule has 0 atom stereocenters. The first-order valence-corrected chi connectivity index (χ1v) is 6.88. The maximum Gasteiger partial charge on any atom is 0.270 e. The molecular weight excluding hydrogens is 302 g/mol. The Morgan fingerprint density at radius 3 is 2.77 bits per heavy atom. The standard InChI is InChI=1S/C16H10ClN3O2/c17-13-3-1-2-11(6-13)9-19-10-12(8-18)15-7-14(20(21)22)4-5-16(15)19/h1-7,10H,9H2. The van der Waals surface area contributed by atoms with Crippen LogP contribution in [0.2, 0.25) is 5.02 Å². The van der Waals surface area contributed by atoms with Crippen LogP contribution in [0, 0.1) is 21.4 Å². The van der Waals surface area contributed by atoms with E-state index in [2.05, 4.69) is 6.07 Å². The van der Waals surface area contributed by atoms with Gasteiger partial charge in [0.25, 0.3) is 5.69 Å². The van der Waals surface area contributed by atoms with Crippen molar-refractivity contribution in [3.63, 3.8) is 0 Å². The molecule has 0 fully saturated rings. The highest BCUT2D eigenvalue weighted by atomic mass is 35.5. The van der Waals surface area contributed by atoms with Gasteiger partial charge in [-0.25, -0.2) is 0 Å². The number of aromatic nitrogens is 1. The van der Waals surface area contributed by atoms with Crippen LogP contribution < -0.4 is 0 Å². The molecule has 108 valence electrons. The minimum Gasteiger partial charge on any atom is -0.342 e. The van der Waals surface area contributed by atoms with E-state index in [4.69, 9.17) is 11.6 Å². The lowest BCUT2D eigenvalue weighted by atomic mass is 10.1. The second kappa shape index (κ2) is 5.51. The number of nitro benzene ring substituents is 1. The summed E-state index contributed by atoms with van der Waals surface area (Å²) >= 11 is 5.98. The molecule has 0 unspecified atom stereocenters. The maximum absolute atomic E-state index is 10.9. The minimum absolute atomic E-state index is 0.0236. The Morgan fingerprint density at radius 2 is 2.09 bits per heavy atom. The number of halogens is 1. The predicted octanol–water partition coefficient (Wildman–Crippen LogP) is 4.12. The van der Waals surface area contributed by atoms with Crippen molar-refractivity contribution < 1.29 is 4.92 Å². The topological polar surface area (TPSA) is 71.9 Å². The summed E-state index contributed by atoms with van der Waals surface area (Å²) in [6.45, 7) is 0.538. The molecule has 0 aliphatic heterocycles. The van der Waals surface area contributed by atoms with Crippen molar-refractivity contribution in [3.05, 3.63) is 74.9 Å². The fraction of sp³-hybridized carbons (Fsp3) is 0.0625. The molecule has 0 amide bonds. The Morgan fingerprint density at radius 1 is 1.27 bits per heavy atom. The van der Waals surface area contributed by atoms with Gasteiger partial charge in [-0.2, -0.15) is 5.26 Å². The Labute approximate surface area is 131 Å². The lowest BCUT2D eigenvalue weighted by Crippen LogP contribution is -1.97. The van der Waals surface area contributed by atoms with Gasteiger partial charge in [-0.15, -0.1) is 0 Å². The van der Waals surface area contributed by atoms with Gasteiger partial charge >= 0.3 is 0 Å². The number of hydrogen-bond donors (Lipinski definition) is 0. The van der Waals surface area contributed by atoms with Gasteiger partial charge < -0.3 is 4.57 Å².